The van der Waals surface area contributed by atoms with E-state index >= 15 is 0 Å². The zero-order valence-electron chi connectivity index (χ0n) is 11.9. The van der Waals surface area contributed by atoms with Crippen molar-refractivity contribution in [2.45, 2.75) is 38.8 Å². The average molecular weight is 336 g/mol. The topological polar surface area (TPSA) is 56.1 Å². The lowest BCUT2D eigenvalue weighted by Crippen LogP contribution is -2.65. The van der Waals surface area contributed by atoms with Crippen molar-refractivity contribution in [2.24, 2.45) is 0 Å². The second-order valence-electron chi connectivity index (χ2n) is 5.80. The summed E-state index contributed by atoms with van der Waals surface area (Å²) >= 11 is 3.47. The number of carbonyl (C=O) groups is 1. The number of benzene rings is 1. The number of amides is 1. The van der Waals surface area contributed by atoms with Crippen LogP contribution in [0.25, 0.3) is 0 Å². The molecule has 1 amide bonds. The SMILES string of the molecule is Cc1cc(N2CC(C)(C)NC(CC#N)C2=O)ccc1Br. The third-order valence-electron chi connectivity index (χ3n) is 3.43. The Morgan fingerprint density at radius 1 is 1.55 bits per heavy atom. The number of hydrogen-bond acceptors (Lipinski definition) is 3. The molecule has 1 unspecified atom stereocenters. The summed E-state index contributed by atoms with van der Waals surface area (Å²) in [7, 11) is 0. The van der Waals surface area contributed by atoms with E-state index in [4.69, 9.17) is 5.26 Å². The zero-order valence-corrected chi connectivity index (χ0v) is 13.5. The van der Waals surface area contributed by atoms with Crippen LogP contribution in [0.15, 0.2) is 22.7 Å². The molecule has 1 aliphatic rings. The Morgan fingerprint density at radius 3 is 2.85 bits per heavy atom. The highest BCUT2D eigenvalue weighted by atomic mass is 79.9. The van der Waals surface area contributed by atoms with Crippen molar-refractivity contribution in [3.63, 3.8) is 0 Å². The normalized spacial score (nSPS) is 21.6. The highest BCUT2D eigenvalue weighted by Crippen LogP contribution is 2.27. The van der Waals surface area contributed by atoms with Crippen molar-refractivity contribution >= 4 is 27.5 Å². The van der Waals surface area contributed by atoms with E-state index in [2.05, 4.69) is 27.3 Å². The van der Waals surface area contributed by atoms with Gasteiger partial charge in [-0.1, -0.05) is 15.9 Å². The third-order valence-corrected chi connectivity index (χ3v) is 4.32. The first-order valence-corrected chi connectivity index (χ1v) is 7.35. The van der Waals surface area contributed by atoms with Gasteiger partial charge in [-0.3, -0.25) is 10.1 Å². The van der Waals surface area contributed by atoms with Crippen LogP contribution in [0.1, 0.15) is 25.8 Å². The Kier molecular flexibility index (Phi) is 4.17. The third kappa shape index (κ3) is 3.02. The first-order chi connectivity index (χ1) is 9.34. The molecule has 1 N–H and O–H groups in total. The molecule has 20 heavy (non-hydrogen) atoms. The van der Waals surface area contributed by atoms with Crippen molar-refractivity contribution in [2.75, 3.05) is 11.4 Å². The number of halogens is 1. The minimum atomic E-state index is -0.437. The number of piperazine rings is 1. The summed E-state index contributed by atoms with van der Waals surface area (Å²) in [5.74, 6) is -0.0346. The summed E-state index contributed by atoms with van der Waals surface area (Å²) in [6.45, 7) is 6.68. The van der Waals surface area contributed by atoms with Gasteiger partial charge in [0, 0.05) is 22.2 Å². The second kappa shape index (κ2) is 5.55. The number of hydrogen-bond donors (Lipinski definition) is 1. The lowest BCUT2D eigenvalue weighted by molar-refractivity contribution is -0.122. The van der Waals surface area contributed by atoms with Crippen LogP contribution < -0.4 is 10.2 Å². The van der Waals surface area contributed by atoms with Crippen LogP contribution in [0.5, 0.6) is 0 Å². The van der Waals surface area contributed by atoms with Crippen LogP contribution in [0, 0.1) is 18.3 Å². The maximum absolute atomic E-state index is 12.5. The smallest absolute Gasteiger partial charge is 0.245 e. The lowest BCUT2D eigenvalue weighted by atomic mass is 9.96. The van der Waals surface area contributed by atoms with Crippen LogP contribution in [0.4, 0.5) is 5.69 Å². The van der Waals surface area contributed by atoms with E-state index < -0.39 is 6.04 Å². The molecule has 1 heterocycles. The number of nitrogens with one attached hydrogen (secondary N) is 1. The fourth-order valence-electron chi connectivity index (χ4n) is 2.49. The Bertz CT molecular complexity index is 577. The Balaban J connectivity index is 2.35. The molecule has 2 rings (SSSR count). The van der Waals surface area contributed by atoms with Gasteiger partial charge in [-0.15, -0.1) is 0 Å². The Labute approximate surface area is 127 Å². The highest BCUT2D eigenvalue weighted by molar-refractivity contribution is 9.10. The van der Waals surface area contributed by atoms with Crippen LogP contribution in [0.2, 0.25) is 0 Å². The van der Waals surface area contributed by atoms with Crippen LogP contribution >= 0.6 is 15.9 Å². The van der Waals surface area contributed by atoms with E-state index in [0.717, 1.165) is 15.7 Å². The molecule has 1 aliphatic heterocycles. The Hall–Kier alpha value is -1.38. The van der Waals surface area contributed by atoms with Gasteiger partial charge >= 0.3 is 0 Å². The number of nitriles is 1. The van der Waals surface area contributed by atoms with E-state index in [9.17, 15) is 4.79 Å². The summed E-state index contributed by atoms with van der Waals surface area (Å²) in [5, 5.41) is 12.1. The van der Waals surface area contributed by atoms with Gasteiger partial charge in [-0.2, -0.15) is 5.26 Å². The highest BCUT2D eigenvalue weighted by Gasteiger charge is 2.38. The average Bonchev–Trinajstić information content (AvgIpc) is 2.37. The predicted molar refractivity (Wildman–Crippen MR) is 82.5 cm³/mol. The van der Waals surface area contributed by atoms with Gasteiger partial charge < -0.3 is 4.90 Å². The van der Waals surface area contributed by atoms with E-state index in [-0.39, 0.29) is 17.9 Å². The molecule has 106 valence electrons. The molecule has 1 aromatic rings. The maximum Gasteiger partial charge on any atom is 0.245 e. The van der Waals surface area contributed by atoms with Gasteiger partial charge in [0.1, 0.15) is 6.04 Å². The number of carbonyl (C=O) groups excluding carboxylic acids is 1. The van der Waals surface area contributed by atoms with Gasteiger partial charge in [-0.05, 0) is 44.5 Å². The van der Waals surface area contributed by atoms with Crippen molar-refractivity contribution in [3.05, 3.63) is 28.2 Å². The van der Waals surface area contributed by atoms with Crippen LogP contribution in [-0.2, 0) is 4.79 Å². The predicted octanol–water partition coefficient (Wildman–Crippen LogP) is 2.75. The molecule has 1 aromatic carbocycles. The van der Waals surface area contributed by atoms with Crippen molar-refractivity contribution in [1.82, 2.24) is 5.32 Å². The molecule has 1 saturated heterocycles. The van der Waals surface area contributed by atoms with Crippen LogP contribution in [-0.4, -0.2) is 24.0 Å². The monoisotopic (exact) mass is 335 g/mol. The van der Waals surface area contributed by atoms with Gasteiger partial charge in [-0.25, -0.2) is 0 Å². The largest absolute Gasteiger partial charge is 0.309 e. The molecule has 0 aromatic heterocycles. The van der Waals surface area contributed by atoms with Gasteiger partial charge in [0.05, 0.1) is 12.5 Å². The van der Waals surface area contributed by atoms with Crippen molar-refractivity contribution in [3.8, 4) is 6.07 Å². The number of rotatable bonds is 2. The molecule has 0 aliphatic carbocycles. The fraction of sp³-hybridized carbons (Fsp3) is 0.467. The van der Waals surface area contributed by atoms with Gasteiger partial charge in [0.25, 0.3) is 0 Å². The summed E-state index contributed by atoms with van der Waals surface area (Å²) in [6, 6.07) is 7.52. The number of nitrogens with zero attached hydrogens (tertiary/aromatic N) is 2. The summed E-state index contributed by atoms with van der Waals surface area (Å²) < 4.78 is 1.02. The molecular formula is C15H18BrN3O. The first-order valence-electron chi connectivity index (χ1n) is 6.56. The Morgan fingerprint density at radius 2 is 2.25 bits per heavy atom. The standard InChI is InChI=1S/C15H18BrN3O/c1-10-8-11(4-5-12(10)16)19-9-15(2,3)18-13(6-7-17)14(19)20/h4-5,8,13,18H,6,9H2,1-3H3. The zero-order chi connectivity index (χ0) is 14.9. The fourth-order valence-corrected chi connectivity index (χ4v) is 2.73. The van der Waals surface area contributed by atoms with Crippen molar-refractivity contribution in [1.29, 1.82) is 5.26 Å². The molecule has 0 saturated carbocycles. The van der Waals surface area contributed by atoms with Crippen LogP contribution in [0.3, 0.4) is 0 Å². The minimum Gasteiger partial charge on any atom is -0.309 e. The molecule has 1 atom stereocenters. The summed E-state index contributed by atoms with van der Waals surface area (Å²) in [6.07, 6.45) is 0.189. The molecule has 5 heteroatoms. The quantitative estimate of drug-likeness (QED) is 0.904. The van der Waals surface area contributed by atoms with Gasteiger partial charge in [0.15, 0.2) is 0 Å². The molecule has 0 bridgehead atoms. The number of anilines is 1. The molecule has 0 radical (unpaired) electrons. The first kappa shape index (κ1) is 15.0. The summed E-state index contributed by atoms with van der Waals surface area (Å²) in [4.78, 5) is 14.3. The van der Waals surface area contributed by atoms with E-state index in [1.807, 2.05) is 39.0 Å². The summed E-state index contributed by atoms with van der Waals surface area (Å²) in [5.41, 5.74) is 1.76. The molecule has 4 nitrogen and oxygen atoms in total. The molecule has 1 fully saturated rings. The molecule has 0 spiro atoms. The lowest BCUT2D eigenvalue weighted by Gasteiger charge is -2.42. The maximum atomic E-state index is 12.5. The minimum absolute atomic E-state index is 0.0346. The van der Waals surface area contributed by atoms with E-state index in [1.54, 1.807) is 4.90 Å². The van der Waals surface area contributed by atoms with E-state index in [1.165, 1.54) is 0 Å². The van der Waals surface area contributed by atoms with Gasteiger partial charge in [0.2, 0.25) is 5.91 Å². The second-order valence-corrected chi connectivity index (χ2v) is 6.66. The van der Waals surface area contributed by atoms with E-state index in [0.29, 0.717) is 6.54 Å². The molecular weight excluding hydrogens is 318 g/mol. The number of aryl methyl sites for hydroxylation is 1. The van der Waals surface area contributed by atoms with Crippen molar-refractivity contribution < 1.29 is 4.79 Å².